The number of rotatable bonds is 2. The molecule has 3 N–H and O–H groups in total. The molecule has 0 fully saturated rings. The third kappa shape index (κ3) is 1.69. The van der Waals surface area contributed by atoms with Gasteiger partial charge in [-0.2, -0.15) is 0 Å². The lowest BCUT2D eigenvalue weighted by Gasteiger charge is -2.02. The van der Waals surface area contributed by atoms with Gasteiger partial charge in [0.25, 0.3) is 0 Å². The van der Waals surface area contributed by atoms with E-state index in [1.807, 2.05) is 24.7 Å². The Hall–Kier alpha value is -1.53. The molecule has 0 radical (unpaired) electrons. The number of nitrogens with zero attached hydrogens (tertiary/aromatic N) is 2. The Kier molecular flexibility index (Phi) is 2.53. The monoisotopic (exact) mass is 262 g/mol. The topological polar surface area (TPSA) is 67.6 Å². The van der Waals surface area contributed by atoms with Crippen LogP contribution in [0.3, 0.4) is 0 Å². The number of thiazole rings is 1. The molecule has 0 amide bonds. The van der Waals surface area contributed by atoms with Crippen LogP contribution in [-0.2, 0) is 0 Å². The van der Waals surface area contributed by atoms with Crippen molar-refractivity contribution < 1.29 is 0 Å². The number of aromatic amines is 1. The molecule has 0 aromatic carbocycles. The van der Waals surface area contributed by atoms with E-state index in [0.717, 1.165) is 27.3 Å². The molecule has 3 aromatic heterocycles. The van der Waals surface area contributed by atoms with Crippen molar-refractivity contribution in [1.82, 2.24) is 15.0 Å². The van der Waals surface area contributed by atoms with E-state index < -0.39 is 0 Å². The van der Waals surface area contributed by atoms with Crippen LogP contribution in [0.2, 0.25) is 0 Å². The van der Waals surface area contributed by atoms with Crippen molar-refractivity contribution in [2.75, 3.05) is 12.0 Å². The Morgan fingerprint density at radius 1 is 1.35 bits per heavy atom. The fourth-order valence-electron chi connectivity index (χ4n) is 1.68. The average Bonchev–Trinajstić information content (AvgIpc) is 2.97. The number of fused-ring (bicyclic) bond motifs is 1. The van der Waals surface area contributed by atoms with Gasteiger partial charge in [0.1, 0.15) is 10.7 Å². The zero-order chi connectivity index (χ0) is 11.8. The Labute approximate surface area is 106 Å². The first-order valence-corrected chi connectivity index (χ1v) is 7.05. The molecule has 0 unspecified atom stereocenters. The highest BCUT2D eigenvalue weighted by molar-refractivity contribution is 8.00. The van der Waals surface area contributed by atoms with Gasteiger partial charge in [-0.15, -0.1) is 23.1 Å². The molecule has 3 aromatic rings. The standard InChI is InChI=1S/C11H10N4S2/c1-16-8-5-15-11(17-8)7-4-14-10-6(9(7)12)2-3-13-10/h2-5H,1H3,(H3,12,13,14). The van der Waals surface area contributed by atoms with Crippen molar-refractivity contribution in [1.29, 1.82) is 0 Å². The van der Waals surface area contributed by atoms with Gasteiger partial charge in [-0.3, -0.25) is 0 Å². The van der Waals surface area contributed by atoms with Crippen molar-refractivity contribution in [3.63, 3.8) is 0 Å². The number of H-pyrrole nitrogens is 1. The zero-order valence-corrected chi connectivity index (χ0v) is 10.7. The summed E-state index contributed by atoms with van der Waals surface area (Å²) in [6.07, 6.45) is 7.52. The Balaban J connectivity index is 2.19. The Bertz CT molecular complexity index is 671. The number of thioether (sulfide) groups is 1. The highest BCUT2D eigenvalue weighted by atomic mass is 32.2. The molecule has 0 bridgehead atoms. The first kappa shape index (κ1) is 10.6. The number of hydrogen-bond acceptors (Lipinski definition) is 5. The molecule has 0 aliphatic carbocycles. The number of nitrogens with one attached hydrogen (secondary N) is 1. The second-order valence-corrected chi connectivity index (χ2v) is 5.65. The van der Waals surface area contributed by atoms with Crippen molar-refractivity contribution in [3.8, 4) is 10.6 Å². The van der Waals surface area contributed by atoms with Crippen molar-refractivity contribution in [3.05, 3.63) is 24.7 Å². The molecule has 17 heavy (non-hydrogen) atoms. The summed E-state index contributed by atoms with van der Waals surface area (Å²) in [5.74, 6) is 0. The first-order chi connectivity index (χ1) is 8.29. The molecule has 0 saturated carbocycles. The fourth-order valence-corrected chi connectivity index (χ4v) is 3.08. The van der Waals surface area contributed by atoms with E-state index in [4.69, 9.17) is 5.73 Å². The highest BCUT2D eigenvalue weighted by Gasteiger charge is 2.11. The molecule has 86 valence electrons. The summed E-state index contributed by atoms with van der Waals surface area (Å²) in [4.78, 5) is 11.8. The number of hydrogen-bond donors (Lipinski definition) is 2. The predicted molar refractivity (Wildman–Crippen MR) is 73.4 cm³/mol. The molecule has 3 rings (SSSR count). The van der Waals surface area contributed by atoms with Crippen LogP contribution in [0.5, 0.6) is 0 Å². The van der Waals surface area contributed by atoms with Gasteiger partial charge in [0.2, 0.25) is 0 Å². The molecule has 0 aliphatic rings. The average molecular weight is 262 g/mol. The second kappa shape index (κ2) is 4.05. The predicted octanol–water partition coefficient (Wildman–Crippen LogP) is 2.99. The molecule has 3 heterocycles. The van der Waals surface area contributed by atoms with Crippen LogP contribution < -0.4 is 5.73 Å². The Morgan fingerprint density at radius 2 is 2.24 bits per heavy atom. The number of aromatic nitrogens is 3. The first-order valence-electron chi connectivity index (χ1n) is 5.01. The highest BCUT2D eigenvalue weighted by Crippen LogP contribution is 2.35. The van der Waals surface area contributed by atoms with Crippen LogP contribution in [0.1, 0.15) is 0 Å². The third-order valence-electron chi connectivity index (χ3n) is 2.54. The van der Waals surface area contributed by atoms with Crippen LogP contribution in [0.25, 0.3) is 21.6 Å². The second-order valence-electron chi connectivity index (χ2n) is 3.51. The van der Waals surface area contributed by atoms with Crippen LogP contribution in [-0.4, -0.2) is 21.2 Å². The van der Waals surface area contributed by atoms with E-state index >= 15 is 0 Å². The van der Waals surface area contributed by atoms with Gasteiger partial charge in [0.05, 0.1) is 21.7 Å². The van der Waals surface area contributed by atoms with Gasteiger partial charge in [-0.05, 0) is 12.3 Å². The molecule has 4 nitrogen and oxygen atoms in total. The number of nitrogens with two attached hydrogens (primary N) is 1. The van der Waals surface area contributed by atoms with E-state index in [9.17, 15) is 0 Å². The molecule has 0 atom stereocenters. The van der Waals surface area contributed by atoms with Gasteiger partial charge in [0.15, 0.2) is 0 Å². The largest absolute Gasteiger partial charge is 0.398 e. The Morgan fingerprint density at radius 3 is 3.00 bits per heavy atom. The summed E-state index contributed by atoms with van der Waals surface area (Å²) in [6.45, 7) is 0. The van der Waals surface area contributed by atoms with E-state index in [-0.39, 0.29) is 0 Å². The van der Waals surface area contributed by atoms with Crippen LogP contribution in [0, 0.1) is 0 Å². The van der Waals surface area contributed by atoms with Crippen LogP contribution >= 0.6 is 23.1 Å². The zero-order valence-electron chi connectivity index (χ0n) is 9.10. The smallest absolute Gasteiger partial charge is 0.139 e. The molecule has 0 saturated heterocycles. The lowest BCUT2D eigenvalue weighted by molar-refractivity contribution is 1.31. The van der Waals surface area contributed by atoms with E-state index in [2.05, 4.69) is 15.0 Å². The van der Waals surface area contributed by atoms with Gasteiger partial charge in [-0.25, -0.2) is 9.97 Å². The molecule has 6 heteroatoms. The van der Waals surface area contributed by atoms with Crippen molar-refractivity contribution in [2.24, 2.45) is 0 Å². The maximum atomic E-state index is 6.15. The normalized spacial score (nSPS) is 11.1. The maximum absolute atomic E-state index is 6.15. The van der Waals surface area contributed by atoms with Gasteiger partial charge in [0, 0.05) is 17.8 Å². The van der Waals surface area contributed by atoms with Crippen LogP contribution in [0.15, 0.2) is 28.9 Å². The summed E-state index contributed by atoms with van der Waals surface area (Å²) < 4.78 is 1.17. The summed E-state index contributed by atoms with van der Waals surface area (Å²) in [5, 5.41) is 1.87. The SMILES string of the molecule is CSc1cnc(-c2cnc3[nH]ccc3c2N)s1. The minimum atomic E-state index is 0.734. The van der Waals surface area contributed by atoms with E-state index in [0.29, 0.717) is 0 Å². The number of nitrogen functional groups attached to an aromatic ring is 1. The minimum Gasteiger partial charge on any atom is -0.398 e. The number of pyridine rings is 1. The quantitative estimate of drug-likeness (QED) is 0.697. The third-order valence-corrected chi connectivity index (χ3v) is 4.63. The lowest BCUT2D eigenvalue weighted by Crippen LogP contribution is -1.92. The van der Waals surface area contributed by atoms with Crippen molar-refractivity contribution in [2.45, 2.75) is 4.21 Å². The summed E-state index contributed by atoms with van der Waals surface area (Å²) in [5.41, 5.74) is 8.60. The summed E-state index contributed by atoms with van der Waals surface area (Å²) in [7, 11) is 0. The van der Waals surface area contributed by atoms with Gasteiger partial charge >= 0.3 is 0 Å². The fraction of sp³-hybridized carbons (Fsp3) is 0.0909. The van der Waals surface area contributed by atoms with Crippen LogP contribution in [0.4, 0.5) is 5.69 Å². The minimum absolute atomic E-state index is 0.734. The van der Waals surface area contributed by atoms with E-state index in [1.54, 1.807) is 29.3 Å². The summed E-state index contributed by atoms with van der Waals surface area (Å²) in [6, 6.07) is 1.93. The van der Waals surface area contributed by atoms with E-state index in [1.165, 1.54) is 4.21 Å². The lowest BCUT2D eigenvalue weighted by atomic mass is 10.2. The number of anilines is 1. The molecule has 0 spiro atoms. The van der Waals surface area contributed by atoms with Crippen molar-refractivity contribution >= 4 is 39.8 Å². The molecular formula is C11H10N4S2. The van der Waals surface area contributed by atoms with Gasteiger partial charge < -0.3 is 10.7 Å². The van der Waals surface area contributed by atoms with Gasteiger partial charge in [-0.1, -0.05) is 0 Å². The molecule has 0 aliphatic heterocycles. The maximum Gasteiger partial charge on any atom is 0.139 e. The summed E-state index contributed by atoms with van der Waals surface area (Å²) >= 11 is 3.32. The molecular weight excluding hydrogens is 252 g/mol.